The van der Waals surface area contributed by atoms with E-state index in [1.807, 2.05) is 11.3 Å². The first-order valence-corrected chi connectivity index (χ1v) is 19.9. The van der Waals surface area contributed by atoms with Crippen LogP contribution in [0.15, 0.2) is 200 Å². The van der Waals surface area contributed by atoms with Crippen molar-refractivity contribution in [3.63, 3.8) is 0 Å². The van der Waals surface area contributed by atoms with Gasteiger partial charge in [0.1, 0.15) is 0 Å². The van der Waals surface area contributed by atoms with Gasteiger partial charge in [0, 0.05) is 54.0 Å². The topological polar surface area (TPSA) is 6.48 Å². The van der Waals surface area contributed by atoms with Crippen molar-refractivity contribution in [3.8, 4) is 0 Å². The standard InChI is InChI=1S/C52H36N2S/c1-3-16-42(17-4-1)53(44-25-22-35-12-7-8-14-37(35)28-44)45-26-23-38-33-51-48(31-40(38)29-45)49-32-41-30-46(27-24-39(41)34-52(49)55-51)54(43-18-5-2-6-19-43)50-21-11-15-36-13-9-10-20-47(36)50/h1-5,7-18,20-34H,6,19H2. The molecule has 11 rings (SSSR count). The summed E-state index contributed by atoms with van der Waals surface area (Å²) in [5, 5.41) is 12.6. The fourth-order valence-corrected chi connectivity index (χ4v) is 9.66. The highest BCUT2D eigenvalue weighted by molar-refractivity contribution is 7.26. The van der Waals surface area contributed by atoms with Crippen molar-refractivity contribution in [1.29, 1.82) is 0 Å². The van der Waals surface area contributed by atoms with Crippen molar-refractivity contribution in [2.75, 3.05) is 9.80 Å². The zero-order chi connectivity index (χ0) is 36.3. The Kier molecular flexibility index (Phi) is 7.53. The number of rotatable bonds is 6. The summed E-state index contributed by atoms with van der Waals surface area (Å²) >= 11 is 1.89. The Balaban J connectivity index is 1.05. The Morgan fingerprint density at radius 3 is 1.64 bits per heavy atom. The number of nitrogens with zero attached hydrogens (tertiary/aromatic N) is 2. The molecule has 0 saturated heterocycles. The normalized spacial score (nSPS) is 13.0. The Morgan fingerprint density at radius 2 is 0.945 bits per heavy atom. The molecule has 1 heterocycles. The maximum absolute atomic E-state index is 2.48. The van der Waals surface area contributed by atoms with Crippen LogP contribution in [-0.4, -0.2) is 0 Å². The van der Waals surface area contributed by atoms with Crippen LogP contribution in [0.2, 0.25) is 0 Å². The summed E-state index contributed by atoms with van der Waals surface area (Å²) in [7, 11) is 0. The van der Waals surface area contributed by atoms with E-state index in [1.165, 1.54) is 80.3 Å². The lowest BCUT2D eigenvalue weighted by atomic mass is 10.0. The monoisotopic (exact) mass is 720 g/mol. The van der Waals surface area contributed by atoms with Crippen molar-refractivity contribution < 1.29 is 0 Å². The van der Waals surface area contributed by atoms with Crippen molar-refractivity contribution in [2.24, 2.45) is 0 Å². The van der Waals surface area contributed by atoms with Crippen LogP contribution in [0.1, 0.15) is 12.8 Å². The maximum atomic E-state index is 2.48. The molecule has 0 atom stereocenters. The van der Waals surface area contributed by atoms with E-state index in [2.05, 4.69) is 204 Å². The molecule has 10 aromatic rings. The maximum Gasteiger partial charge on any atom is 0.0536 e. The summed E-state index contributed by atoms with van der Waals surface area (Å²) in [5.41, 5.74) is 7.15. The molecule has 2 nitrogen and oxygen atoms in total. The molecule has 0 spiro atoms. The Labute approximate surface area is 324 Å². The van der Waals surface area contributed by atoms with Crippen LogP contribution in [0.25, 0.3) is 63.3 Å². The average Bonchev–Trinajstić information content (AvgIpc) is 3.58. The smallest absolute Gasteiger partial charge is 0.0536 e. The molecule has 0 bridgehead atoms. The molecule has 0 amide bonds. The fourth-order valence-electron chi connectivity index (χ4n) is 8.49. The van der Waals surface area contributed by atoms with Crippen LogP contribution >= 0.6 is 11.3 Å². The summed E-state index contributed by atoms with van der Waals surface area (Å²) in [4.78, 5) is 4.85. The first-order chi connectivity index (χ1) is 27.2. The van der Waals surface area contributed by atoms with Crippen molar-refractivity contribution in [3.05, 3.63) is 200 Å². The molecule has 1 aliphatic rings. The third-order valence-electron chi connectivity index (χ3n) is 11.2. The van der Waals surface area contributed by atoms with Crippen LogP contribution in [0.3, 0.4) is 0 Å². The number of hydrogen-bond acceptors (Lipinski definition) is 3. The number of anilines is 5. The number of hydrogen-bond donors (Lipinski definition) is 0. The lowest BCUT2D eigenvalue weighted by molar-refractivity contribution is 0.920. The van der Waals surface area contributed by atoms with Crippen LogP contribution in [0.5, 0.6) is 0 Å². The van der Waals surface area contributed by atoms with Gasteiger partial charge in [0.05, 0.1) is 5.69 Å². The molecule has 0 saturated carbocycles. The number of thiophene rings is 1. The summed E-state index contributed by atoms with van der Waals surface area (Å²) in [6.45, 7) is 0. The van der Waals surface area contributed by atoms with E-state index >= 15 is 0 Å². The Hall–Kier alpha value is -6.68. The van der Waals surface area contributed by atoms with Crippen molar-refractivity contribution >= 4 is 103 Å². The molecule has 0 fully saturated rings. The van der Waals surface area contributed by atoms with Crippen molar-refractivity contribution in [1.82, 2.24) is 0 Å². The lowest BCUT2D eigenvalue weighted by Gasteiger charge is -2.30. The predicted molar refractivity (Wildman–Crippen MR) is 239 cm³/mol. The number of benzene rings is 9. The van der Waals surface area contributed by atoms with E-state index in [-0.39, 0.29) is 0 Å². The van der Waals surface area contributed by atoms with Gasteiger partial charge < -0.3 is 9.80 Å². The second-order valence-corrected chi connectivity index (χ2v) is 15.6. The quantitative estimate of drug-likeness (QED) is 0.169. The van der Waals surface area contributed by atoms with E-state index in [9.17, 15) is 0 Å². The molecule has 55 heavy (non-hydrogen) atoms. The van der Waals surface area contributed by atoms with Crippen LogP contribution in [0, 0.1) is 0 Å². The number of fused-ring (bicyclic) bond motifs is 7. The zero-order valence-electron chi connectivity index (χ0n) is 30.2. The summed E-state index contributed by atoms with van der Waals surface area (Å²) in [6, 6.07) is 64.9. The van der Waals surface area contributed by atoms with E-state index in [0.717, 1.165) is 29.9 Å². The van der Waals surface area contributed by atoms with Gasteiger partial charge in [-0.15, -0.1) is 11.3 Å². The second kappa shape index (κ2) is 13.0. The van der Waals surface area contributed by atoms with Gasteiger partial charge in [-0.2, -0.15) is 0 Å². The number of allylic oxidation sites excluding steroid dienone is 4. The van der Waals surface area contributed by atoms with Gasteiger partial charge in [-0.1, -0.05) is 109 Å². The van der Waals surface area contributed by atoms with E-state index in [0.29, 0.717) is 0 Å². The first kappa shape index (κ1) is 31.8. The van der Waals surface area contributed by atoms with Gasteiger partial charge in [-0.25, -0.2) is 0 Å². The molecule has 0 N–H and O–H groups in total. The second-order valence-electron chi connectivity index (χ2n) is 14.5. The highest BCUT2D eigenvalue weighted by Crippen LogP contribution is 2.43. The largest absolute Gasteiger partial charge is 0.314 e. The average molecular weight is 721 g/mol. The fraction of sp³-hybridized carbons (Fsp3) is 0.0385. The minimum atomic E-state index is 1.00. The molecular weight excluding hydrogens is 685 g/mol. The van der Waals surface area contributed by atoms with Crippen LogP contribution in [0.4, 0.5) is 28.4 Å². The summed E-state index contributed by atoms with van der Waals surface area (Å²) in [6.07, 6.45) is 8.80. The molecule has 1 aromatic heterocycles. The first-order valence-electron chi connectivity index (χ1n) is 19.0. The summed E-state index contributed by atoms with van der Waals surface area (Å²) in [5.74, 6) is 0. The lowest BCUT2D eigenvalue weighted by Crippen LogP contribution is -2.17. The minimum Gasteiger partial charge on any atom is -0.314 e. The van der Waals surface area contributed by atoms with Gasteiger partial charge in [-0.3, -0.25) is 0 Å². The summed E-state index contributed by atoms with van der Waals surface area (Å²) < 4.78 is 2.63. The molecule has 3 heteroatoms. The Bertz CT molecular complexity index is 3170. The molecule has 9 aromatic carbocycles. The molecule has 1 aliphatic carbocycles. The van der Waals surface area contributed by atoms with Gasteiger partial charge >= 0.3 is 0 Å². The minimum absolute atomic E-state index is 1.00. The van der Waals surface area contributed by atoms with E-state index < -0.39 is 0 Å². The third-order valence-corrected chi connectivity index (χ3v) is 12.3. The van der Waals surface area contributed by atoms with Gasteiger partial charge in [0.15, 0.2) is 0 Å². The molecule has 0 aliphatic heterocycles. The molecule has 0 radical (unpaired) electrons. The van der Waals surface area contributed by atoms with Gasteiger partial charge in [0.25, 0.3) is 0 Å². The van der Waals surface area contributed by atoms with E-state index in [1.54, 1.807) is 0 Å². The third kappa shape index (κ3) is 5.55. The highest BCUT2D eigenvalue weighted by atomic mass is 32.1. The SMILES string of the molecule is C1=CCCC(N(c2ccc3cc4sc5cc6ccc(N(c7ccccc7)c7ccc8ccccc8c7)cc6cc5c4cc3c2)c2cccc3ccccc23)=C1. The molecule has 260 valence electrons. The molecular formula is C52H36N2S. The van der Waals surface area contributed by atoms with Gasteiger partial charge in [0.2, 0.25) is 0 Å². The van der Waals surface area contributed by atoms with Crippen molar-refractivity contribution in [2.45, 2.75) is 12.8 Å². The van der Waals surface area contributed by atoms with Crippen LogP contribution < -0.4 is 9.80 Å². The predicted octanol–water partition coefficient (Wildman–Crippen LogP) is 15.5. The van der Waals surface area contributed by atoms with Crippen LogP contribution in [-0.2, 0) is 0 Å². The van der Waals surface area contributed by atoms with Gasteiger partial charge in [-0.05, 0) is 135 Å². The highest BCUT2D eigenvalue weighted by Gasteiger charge is 2.19. The Morgan fingerprint density at radius 1 is 0.382 bits per heavy atom. The van der Waals surface area contributed by atoms with E-state index in [4.69, 9.17) is 0 Å². The molecule has 0 unspecified atom stereocenters. The number of para-hydroxylation sites is 1. The zero-order valence-corrected chi connectivity index (χ0v) is 31.0.